The molecule has 0 aliphatic rings. The number of fused-ring (bicyclic) bond motifs is 1. The second-order valence-electron chi connectivity index (χ2n) is 6.72. The first-order valence-corrected chi connectivity index (χ1v) is 9.33. The number of hydrogen-bond acceptors (Lipinski definition) is 5. The van der Waals surface area contributed by atoms with E-state index in [9.17, 15) is 8.78 Å². The monoisotopic (exact) mass is 411 g/mol. The van der Waals surface area contributed by atoms with Crippen LogP contribution in [-0.2, 0) is 17.1 Å². The van der Waals surface area contributed by atoms with Crippen molar-refractivity contribution in [3.63, 3.8) is 0 Å². The van der Waals surface area contributed by atoms with Crippen LogP contribution in [-0.4, -0.2) is 26.7 Å². The third-order valence-electron chi connectivity index (χ3n) is 4.44. The van der Waals surface area contributed by atoms with Crippen molar-refractivity contribution in [2.24, 2.45) is 0 Å². The van der Waals surface area contributed by atoms with E-state index in [0.717, 1.165) is 19.0 Å². The van der Waals surface area contributed by atoms with E-state index in [1.807, 2.05) is 30.4 Å². The molecule has 0 saturated heterocycles. The Kier molecular flexibility index (Phi) is 6.25. The van der Waals surface area contributed by atoms with Crippen LogP contribution >= 0.6 is 0 Å². The summed E-state index contributed by atoms with van der Waals surface area (Å²) in [7, 11) is 1.60. The fourth-order valence-electron chi connectivity index (χ4n) is 2.89. The number of pyridine rings is 1. The molecule has 0 atom stereocenters. The Labute approximate surface area is 173 Å². The minimum atomic E-state index is -3.10. The van der Waals surface area contributed by atoms with Crippen molar-refractivity contribution in [3.05, 3.63) is 78.5 Å². The summed E-state index contributed by atoms with van der Waals surface area (Å²) in [5.74, 6) is -2.59. The van der Waals surface area contributed by atoms with Crippen molar-refractivity contribution < 1.29 is 13.5 Å². The fourth-order valence-corrected chi connectivity index (χ4v) is 2.89. The van der Waals surface area contributed by atoms with Crippen molar-refractivity contribution in [2.75, 3.05) is 12.8 Å². The number of imidazole rings is 1. The van der Waals surface area contributed by atoms with Crippen LogP contribution in [0.5, 0.6) is 0 Å². The van der Waals surface area contributed by atoms with E-state index in [4.69, 9.17) is 10.5 Å². The zero-order chi connectivity index (χ0) is 21.7. The summed E-state index contributed by atoms with van der Waals surface area (Å²) in [6.07, 6.45) is 11.8. The molecule has 3 aromatic rings. The van der Waals surface area contributed by atoms with Gasteiger partial charge >= 0.3 is 0 Å². The van der Waals surface area contributed by atoms with Crippen molar-refractivity contribution in [3.8, 4) is 11.3 Å². The van der Waals surface area contributed by atoms with Gasteiger partial charge in [-0.25, -0.2) is 23.3 Å². The molecule has 3 rings (SSSR count). The maximum absolute atomic E-state index is 13.8. The zero-order valence-electron chi connectivity index (χ0n) is 16.8. The molecular weight excluding hydrogens is 388 g/mol. The first kappa shape index (κ1) is 21.2. The number of ether oxygens (including phenoxy) is 1. The third-order valence-corrected chi connectivity index (χ3v) is 4.44. The van der Waals surface area contributed by atoms with Crippen molar-refractivity contribution in [1.29, 1.82) is 0 Å². The Morgan fingerprint density at radius 2 is 2.10 bits per heavy atom. The number of nitrogens with zero attached hydrogens (tertiary/aromatic N) is 4. The van der Waals surface area contributed by atoms with E-state index >= 15 is 0 Å². The second kappa shape index (κ2) is 8.86. The molecule has 0 spiro atoms. The molecule has 0 aliphatic heterocycles. The SMILES string of the molecule is C=CC/C=C\C(=C/Cc1ccc2ncc(-c3cnc(N)c(C(C)(F)F)c3)n2n1)OC. The number of nitrogen functional groups attached to an aromatic ring is 1. The number of halogens is 2. The van der Waals surface area contributed by atoms with E-state index < -0.39 is 5.92 Å². The Hall–Kier alpha value is -3.55. The fraction of sp³-hybridized carbons (Fsp3) is 0.227. The van der Waals surface area contributed by atoms with Gasteiger partial charge in [0.05, 0.1) is 30.3 Å². The first-order valence-electron chi connectivity index (χ1n) is 9.33. The van der Waals surface area contributed by atoms with Gasteiger partial charge in [-0.3, -0.25) is 0 Å². The number of anilines is 1. The van der Waals surface area contributed by atoms with Crippen LogP contribution < -0.4 is 5.73 Å². The van der Waals surface area contributed by atoms with Gasteiger partial charge in [-0.2, -0.15) is 5.10 Å². The highest BCUT2D eigenvalue weighted by Gasteiger charge is 2.28. The Morgan fingerprint density at radius 3 is 2.80 bits per heavy atom. The predicted molar refractivity (Wildman–Crippen MR) is 113 cm³/mol. The van der Waals surface area contributed by atoms with Gasteiger partial charge in [-0.15, -0.1) is 6.58 Å². The van der Waals surface area contributed by atoms with E-state index in [1.165, 1.54) is 12.3 Å². The summed E-state index contributed by atoms with van der Waals surface area (Å²) in [6, 6.07) is 5.00. The van der Waals surface area contributed by atoms with Gasteiger partial charge in [0.2, 0.25) is 0 Å². The topological polar surface area (TPSA) is 78.3 Å². The Bertz CT molecular complexity index is 1110. The van der Waals surface area contributed by atoms with Crippen molar-refractivity contribution in [1.82, 2.24) is 19.6 Å². The Morgan fingerprint density at radius 1 is 1.30 bits per heavy atom. The quantitative estimate of drug-likeness (QED) is 0.331. The number of allylic oxidation sites excluding steroid dienone is 4. The first-order chi connectivity index (χ1) is 14.3. The van der Waals surface area contributed by atoms with Gasteiger partial charge in [0, 0.05) is 25.1 Å². The lowest BCUT2D eigenvalue weighted by Gasteiger charge is -2.13. The summed E-state index contributed by atoms with van der Waals surface area (Å²) < 4.78 is 34.6. The number of hydrogen-bond donors (Lipinski definition) is 1. The molecule has 6 nitrogen and oxygen atoms in total. The van der Waals surface area contributed by atoms with Crippen LogP contribution in [0.1, 0.15) is 24.6 Å². The number of rotatable bonds is 8. The molecule has 0 amide bonds. The van der Waals surface area contributed by atoms with E-state index in [-0.39, 0.29) is 11.4 Å². The minimum Gasteiger partial charge on any atom is -0.497 e. The second-order valence-corrected chi connectivity index (χ2v) is 6.72. The van der Waals surface area contributed by atoms with Crippen LogP contribution in [0.3, 0.4) is 0 Å². The molecule has 0 fully saturated rings. The van der Waals surface area contributed by atoms with Crippen LogP contribution in [0.25, 0.3) is 16.9 Å². The van der Waals surface area contributed by atoms with Crippen molar-refractivity contribution in [2.45, 2.75) is 25.7 Å². The molecule has 0 saturated carbocycles. The molecule has 156 valence electrons. The van der Waals surface area contributed by atoms with Gasteiger partial charge in [-0.05, 0) is 36.8 Å². The highest BCUT2D eigenvalue weighted by molar-refractivity contribution is 5.65. The van der Waals surface area contributed by atoms with Crippen LogP contribution in [0.4, 0.5) is 14.6 Å². The highest BCUT2D eigenvalue weighted by Crippen LogP contribution is 2.33. The van der Waals surface area contributed by atoms with Crippen LogP contribution in [0.15, 0.2) is 67.2 Å². The minimum absolute atomic E-state index is 0.199. The van der Waals surface area contributed by atoms with Crippen LogP contribution in [0, 0.1) is 0 Å². The van der Waals surface area contributed by atoms with Crippen molar-refractivity contribution >= 4 is 11.5 Å². The lowest BCUT2D eigenvalue weighted by Crippen LogP contribution is -2.12. The average molecular weight is 411 g/mol. The predicted octanol–water partition coefficient (Wildman–Crippen LogP) is 4.69. The number of methoxy groups -OCH3 is 1. The van der Waals surface area contributed by atoms with Gasteiger partial charge in [0.1, 0.15) is 11.6 Å². The van der Waals surface area contributed by atoms with Gasteiger partial charge in [0.25, 0.3) is 5.92 Å². The standard InChI is InChI=1S/C22H23F2N5O/c1-4-5-6-7-17(30-3)10-8-16-9-11-20-26-14-19(29(20)28-16)15-12-18(22(2,23)24)21(25)27-13-15/h4,6-7,9-14H,1,5,8H2,2-3H3,(H2,25,27)/b7-6-,17-10+. The molecular formula is C22H23F2N5O. The van der Waals surface area contributed by atoms with Gasteiger partial charge in [-0.1, -0.05) is 12.2 Å². The molecule has 3 heterocycles. The Balaban J connectivity index is 1.95. The van der Waals surface area contributed by atoms with Gasteiger partial charge < -0.3 is 10.5 Å². The summed E-state index contributed by atoms with van der Waals surface area (Å²) in [5.41, 5.74) is 7.66. The summed E-state index contributed by atoms with van der Waals surface area (Å²) in [6.45, 7) is 4.46. The number of alkyl halides is 2. The van der Waals surface area contributed by atoms with Crippen LogP contribution in [0.2, 0.25) is 0 Å². The zero-order valence-corrected chi connectivity index (χ0v) is 16.8. The molecule has 0 radical (unpaired) electrons. The molecule has 0 bridgehead atoms. The maximum Gasteiger partial charge on any atom is 0.274 e. The molecule has 0 unspecified atom stereocenters. The normalized spacial score (nSPS) is 12.6. The molecule has 30 heavy (non-hydrogen) atoms. The largest absolute Gasteiger partial charge is 0.497 e. The highest BCUT2D eigenvalue weighted by atomic mass is 19.3. The molecule has 3 aromatic heterocycles. The van der Waals surface area contributed by atoms with Gasteiger partial charge in [0.15, 0.2) is 5.65 Å². The lowest BCUT2D eigenvalue weighted by molar-refractivity contribution is 0.0180. The van der Waals surface area contributed by atoms with E-state index in [2.05, 4.69) is 21.6 Å². The summed E-state index contributed by atoms with van der Waals surface area (Å²) in [4.78, 5) is 8.23. The summed E-state index contributed by atoms with van der Waals surface area (Å²) in [5, 5.41) is 4.60. The molecule has 2 N–H and O–H groups in total. The smallest absolute Gasteiger partial charge is 0.274 e. The lowest BCUT2D eigenvalue weighted by atomic mass is 10.1. The number of aromatic nitrogens is 4. The number of nitrogens with two attached hydrogens (primary N) is 1. The molecule has 8 heteroatoms. The van der Waals surface area contributed by atoms with E-state index in [1.54, 1.807) is 23.9 Å². The van der Waals surface area contributed by atoms with E-state index in [0.29, 0.717) is 29.1 Å². The summed E-state index contributed by atoms with van der Waals surface area (Å²) >= 11 is 0. The molecule has 0 aromatic carbocycles. The third kappa shape index (κ3) is 4.71. The molecule has 0 aliphatic carbocycles. The maximum atomic E-state index is 13.8. The average Bonchev–Trinajstić information content (AvgIpc) is 3.13.